The van der Waals surface area contributed by atoms with Gasteiger partial charge >= 0.3 is 0 Å². The molecule has 0 spiro atoms. The molecule has 0 amide bonds. The van der Waals surface area contributed by atoms with Crippen LogP contribution in [0, 0.1) is 0 Å². The predicted octanol–water partition coefficient (Wildman–Crippen LogP) is 1.60. The third-order valence-electron chi connectivity index (χ3n) is 2.00. The summed E-state index contributed by atoms with van der Waals surface area (Å²) in [6, 6.07) is 0. The molecular weight excluding hydrogens is 197 g/mol. The van der Waals surface area contributed by atoms with Crippen LogP contribution in [-0.2, 0) is 6.42 Å². The maximum Gasteiger partial charge on any atom is 0.196 e. The lowest BCUT2D eigenvalue weighted by molar-refractivity contribution is 0.796. The summed E-state index contributed by atoms with van der Waals surface area (Å²) in [5.41, 5.74) is 1.81. The molecule has 0 aliphatic carbocycles. The first kappa shape index (κ1) is 8.08. The van der Waals surface area contributed by atoms with Gasteiger partial charge in [-0.1, -0.05) is 23.2 Å². The molecule has 0 bridgehead atoms. The van der Waals surface area contributed by atoms with E-state index >= 15 is 0 Å². The van der Waals surface area contributed by atoms with E-state index < -0.39 is 4.46 Å². The molecule has 12 heavy (non-hydrogen) atoms. The fraction of sp³-hybridized carbons (Fsp3) is 0.429. The number of aromatic nitrogens is 2. The Labute approximate surface area is 80.3 Å². The highest BCUT2D eigenvalue weighted by Crippen LogP contribution is 2.40. The second-order valence-corrected chi connectivity index (χ2v) is 4.20. The third kappa shape index (κ3) is 1.04. The minimum absolute atomic E-state index is 0.546. The summed E-state index contributed by atoms with van der Waals surface area (Å²) in [7, 11) is 1.83. The van der Waals surface area contributed by atoms with E-state index in [1.807, 2.05) is 7.05 Å². The maximum absolute atomic E-state index is 6.01. The molecule has 1 aliphatic heterocycles. The number of fused-ring (bicyclic) bond motifs is 1. The summed E-state index contributed by atoms with van der Waals surface area (Å²) in [4.78, 5) is 9.76. The van der Waals surface area contributed by atoms with Gasteiger partial charge in [0, 0.05) is 13.5 Å². The Balaban J connectivity index is 2.49. The van der Waals surface area contributed by atoms with Gasteiger partial charge in [0.05, 0.1) is 17.6 Å². The van der Waals surface area contributed by atoms with Crippen molar-refractivity contribution in [1.82, 2.24) is 9.97 Å². The average molecular weight is 204 g/mol. The number of anilines is 1. The van der Waals surface area contributed by atoms with Gasteiger partial charge in [0.2, 0.25) is 0 Å². The van der Waals surface area contributed by atoms with Crippen molar-refractivity contribution in [1.29, 1.82) is 0 Å². The molecular formula is C7H7Cl2N3. The monoisotopic (exact) mass is 203 g/mol. The molecule has 1 aromatic heterocycles. The van der Waals surface area contributed by atoms with Crippen LogP contribution in [0.1, 0.15) is 5.69 Å². The van der Waals surface area contributed by atoms with Gasteiger partial charge < -0.3 is 4.90 Å². The van der Waals surface area contributed by atoms with Crippen LogP contribution >= 0.6 is 23.2 Å². The van der Waals surface area contributed by atoms with E-state index in [0.717, 1.165) is 11.4 Å². The number of rotatable bonds is 0. The van der Waals surface area contributed by atoms with Crippen molar-refractivity contribution >= 4 is 28.9 Å². The molecule has 0 aromatic carbocycles. The van der Waals surface area contributed by atoms with E-state index in [4.69, 9.17) is 23.2 Å². The number of nitrogens with zero attached hydrogens (tertiary/aromatic N) is 3. The molecule has 0 saturated heterocycles. The largest absolute Gasteiger partial charge is 0.340 e. The Kier molecular flexibility index (Phi) is 1.66. The smallest absolute Gasteiger partial charge is 0.196 e. The number of halogens is 2. The molecule has 0 radical (unpaired) electrons. The minimum atomic E-state index is -0.863. The summed E-state index contributed by atoms with van der Waals surface area (Å²) >= 11 is 12.0. The van der Waals surface area contributed by atoms with Crippen molar-refractivity contribution in [2.75, 3.05) is 11.9 Å². The van der Waals surface area contributed by atoms with Gasteiger partial charge in [-0.05, 0) is 0 Å². The fourth-order valence-corrected chi connectivity index (χ4v) is 1.70. The fourth-order valence-electron chi connectivity index (χ4n) is 1.26. The highest BCUT2D eigenvalue weighted by Gasteiger charge is 2.39. The van der Waals surface area contributed by atoms with Gasteiger partial charge in [-0.3, -0.25) is 0 Å². The highest BCUT2D eigenvalue weighted by atomic mass is 35.5. The second-order valence-electron chi connectivity index (χ2n) is 2.76. The lowest BCUT2D eigenvalue weighted by atomic mass is 10.3. The van der Waals surface area contributed by atoms with E-state index in [9.17, 15) is 0 Å². The molecule has 3 nitrogen and oxygen atoms in total. The van der Waals surface area contributed by atoms with Crippen LogP contribution in [0.15, 0.2) is 12.5 Å². The van der Waals surface area contributed by atoms with Crippen molar-refractivity contribution in [3.63, 3.8) is 0 Å². The summed E-state index contributed by atoms with van der Waals surface area (Å²) in [6.45, 7) is 0. The van der Waals surface area contributed by atoms with E-state index in [0.29, 0.717) is 6.42 Å². The zero-order valence-electron chi connectivity index (χ0n) is 6.46. The molecule has 1 aromatic rings. The topological polar surface area (TPSA) is 29.0 Å². The normalized spacial score (nSPS) is 19.4. The molecule has 64 valence electrons. The van der Waals surface area contributed by atoms with Gasteiger partial charge in [0.1, 0.15) is 6.33 Å². The van der Waals surface area contributed by atoms with E-state index in [2.05, 4.69) is 9.97 Å². The van der Waals surface area contributed by atoms with Gasteiger partial charge in [0.15, 0.2) is 4.46 Å². The van der Waals surface area contributed by atoms with Crippen LogP contribution in [0.5, 0.6) is 0 Å². The van der Waals surface area contributed by atoms with Crippen molar-refractivity contribution < 1.29 is 0 Å². The standard InChI is InChI=1S/C7H7Cl2N3/c1-12-6-3-10-4-11-5(6)2-7(12,8)9/h3-4H,2H2,1H3. The molecule has 5 heteroatoms. The molecule has 2 rings (SSSR count). The van der Waals surface area contributed by atoms with E-state index in [-0.39, 0.29) is 0 Å². The van der Waals surface area contributed by atoms with Crippen LogP contribution in [0.2, 0.25) is 0 Å². The first-order valence-electron chi connectivity index (χ1n) is 3.52. The summed E-state index contributed by atoms with van der Waals surface area (Å²) in [5.74, 6) is 0. The predicted molar refractivity (Wildman–Crippen MR) is 48.6 cm³/mol. The quantitative estimate of drug-likeness (QED) is 0.474. The van der Waals surface area contributed by atoms with Gasteiger partial charge in [0.25, 0.3) is 0 Å². The Bertz CT molecular complexity index is 313. The van der Waals surface area contributed by atoms with Crippen molar-refractivity contribution in [2.45, 2.75) is 10.9 Å². The van der Waals surface area contributed by atoms with Crippen LogP contribution in [0.4, 0.5) is 5.69 Å². The Morgan fingerprint density at radius 2 is 2.33 bits per heavy atom. The van der Waals surface area contributed by atoms with E-state index in [1.165, 1.54) is 6.33 Å². The first-order valence-corrected chi connectivity index (χ1v) is 4.27. The lowest BCUT2D eigenvalue weighted by Crippen LogP contribution is -2.32. The number of hydrogen-bond acceptors (Lipinski definition) is 3. The Morgan fingerprint density at radius 1 is 1.58 bits per heavy atom. The molecule has 0 saturated carbocycles. The summed E-state index contributed by atoms with van der Waals surface area (Å²) < 4.78 is -0.863. The SMILES string of the molecule is CN1c2cncnc2CC1(Cl)Cl. The first-order chi connectivity index (χ1) is 5.61. The maximum atomic E-state index is 6.01. The number of alkyl halides is 2. The van der Waals surface area contributed by atoms with Crippen molar-refractivity contribution in [2.24, 2.45) is 0 Å². The molecule has 2 heterocycles. The van der Waals surface area contributed by atoms with Crippen LogP contribution in [-0.4, -0.2) is 21.5 Å². The lowest BCUT2D eigenvalue weighted by Gasteiger charge is -2.23. The second kappa shape index (κ2) is 2.47. The zero-order valence-corrected chi connectivity index (χ0v) is 7.97. The Hall–Kier alpha value is -0.540. The molecule has 0 unspecified atom stereocenters. The van der Waals surface area contributed by atoms with Crippen LogP contribution < -0.4 is 4.90 Å². The molecule has 0 fully saturated rings. The van der Waals surface area contributed by atoms with Crippen LogP contribution in [0.3, 0.4) is 0 Å². The van der Waals surface area contributed by atoms with Crippen molar-refractivity contribution in [3.8, 4) is 0 Å². The highest BCUT2D eigenvalue weighted by molar-refractivity contribution is 6.50. The van der Waals surface area contributed by atoms with Gasteiger partial charge in [-0.15, -0.1) is 0 Å². The summed E-state index contributed by atoms with van der Waals surface area (Å²) in [5, 5.41) is 0. The number of likely N-dealkylation sites (N-methyl/N-ethyl adjacent to an activating group) is 1. The third-order valence-corrected chi connectivity index (χ3v) is 2.78. The van der Waals surface area contributed by atoms with E-state index in [1.54, 1.807) is 11.1 Å². The Morgan fingerprint density at radius 3 is 3.00 bits per heavy atom. The van der Waals surface area contributed by atoms with Crippen LogP contribution in [0.25, 0.3) is 0 Å². The molecule has 0 N–H and O–H groups in total. The number of hydrogen-bond donors (Lipinski definition) is 0. The van der Waals surface area contributed by atoms with Gasteiger partial charge in [-0.25, -0.2) is 9.97 Å². The van der Waals surface area contributed by atoms with Crippen molar-refractivity contribution in [3.05, 3.63) is 18.2 Å². The average Bonchev–Trinajstić information content (AvgIpc) is 2.24. The summed E-state index contributed by atoms with van der Waals surface area (Å²) in [6.07, 6.45) is 3.77. The zero-order chi connectivity index (χ0) is 8.77. The minimum Gasteiger partial charge on any atom is -0.340 e. The molecule has 0 atom stereocenters. The molecule has 1 aliphatic rings. The van der Waals surface area contributed by atoms with Gasteiger partial charge in [-0.2, -0.15) is 0 Å².